The molecule has 0 saturated heterocycles. The van der Waals surface area contributed by atoms with Gasteiger partial charge in [-0.05, 0) is 154 Å². The van der Waals surface area contributed by atoms with E-state index in [9.17, 15) is 0 Å². The Balaban J connectivity index is 1.10. The SMILES string of the molecule is Cc1cc2c3c(c1)N(c1cccc4c1oc1ccccc14)c1cc(N4c5ccc(-c6ccccc6)cc5C5(C)CCCCC45C)ccc1B3c1ccc(C(C)(C)C)cc1N2c1cccc(C(C)(C)C)c1. The van der Waals surface area contributed by atoms with Crippen LogP contribution in [0.3, 0.4) is 0 Å². The highest BCUT2D eigenvalue weighted by Gasteiger charge is 2.58. The number of fused-ring (bicyclic) bond motifs is 10. The Morgan fingerprint density at radius 2 is 1.17 bits per heavy atom. The third-order valence-electron chi connectivity index (χ3n) is 17.1. The van der Waals surface area contributed by atoms with E-state index in [2.05, 4.69) is 241 Å². The summed E-state index contributed by atoms with van der Waals surface area (Å²) in [5, 5.41) is 2.26. The maximum atomic E-state index is 6.99. The van der Waals surface area contributed by atoms with Crippen LogP contribution in [-0.2, 0) is 16.2 Å². The molecule has 346 valence electrons. The molecule has 5 heteroatoms. The lowest BCUT2D eigenvalue weighted by atomic mass is 9.33. The van der Waals surface area contributed by atoms with Crippen molar-refractivity contribution in [1.82, 2.24) is 0 Å². The highest BCUT2D eigenvalue weighted by atomic mass is 16.3. The van der Waals surface area contributed by atoms with Crippen molar-refractivity contribution >= 4 is 90.5 Å². The molecule has 2 atom stereocenters. The number of furan rings is 1. The van der Waals surface area contributed by atoms with Gasteiger partial charge in [0.2, 0.25) is 0 Å². The molecule has 1 aliphatic carbocycles. The fourth-order valence-corrected chi connectivity index (χ4v) is 13.2. The summed E-state index contributed by atoms with van der Waals surface area (Å²) in [5.41, 5.74) is 23.1. The van der Waals surface area contributed by atoms with E-state index in [0.29, 0.717) is 0 Å². The predicted octanol–water partition coefficient (Wildman–Crippen LogP) is 16.0. The van der Waals surface area contributed by atoms with Gasteiger partial charge < -0.3 is 19.1 Å². The van der Waals surface area contributed by atoms with Crippen LogP contribution in [0.1, 0.15) is 103 Å². The smallest absolute Gasteiger partial charge is 0.252 e. The van der Waals surface area contributed by atoms with Crippen molar-refractivity contribution in [2.45, 2.75) is 110 Å². The van der Waals surface area contributed by atoms with E-state index in [1.807, 2.05) is 0 Å². The third kappa shape index (κ3) is 6.15. The molecule has 0 bridgehead atoms. The summed E-state index contributed by atoms with van der Waals surface area (Å²) in [4.78, 5) is 7.90. The van der Waals surface area contributed by atoms with Gasteiger partial charge in [-0.15, -0.1) is 0 Å². The van der Waals surface area contributed by atoms with Crippen LogP contribution in [0, 0.1) is 6.92 Å². The van der Waals surface area contributed by atoms with Crippen molar-refractivity contribution in [3.05, 3.63) is 186 Å². The molecular formula is C65H62BN3O. The summed E-state index contributed by atoms with van der Waals surface area (Å²) in [6.45, 7) is 21.3. The summed E-state index contributed by atoms with van der Waals surface area (Å²) in [7, 11) is 0. The van der Waals surface area contributed by atoms with E-state index < -0.39 is 0 Å². The summed E-state index contributed by atoms with van der Waals surface area (Å²) in [5.74, 6) is 0. The van der Waals surface area contributed by atoms with E-state index in [0.717, 1.165) is 40.5 Å². The van der Waals surface area contributed by atoms with Gasteiger partial charge >= 0.3 is 0 Å². The van der Waals surface area contributed by atoms with E-state index in [4.69, 9.17) is 4.42 Å². The van der Waals surface area contributed by atoms with Gasteiger partial charge in [0.15, 0.2) is 5.58 Å². The maximum absolute atomic E-state index is 6.99. The van der Waals surface area contributed by atoms with Crippen molar-refractivity contribution < 1.29 is 4.42 Å². The monoisotopic (exact) mass is 911 g/mol. The largest absolute Gasteiger partial charge is 0.454 e. The van der Waals surface area contributed by atoms with Crippen LogP contribution < -0.4 is 31.1 Å². The molecule has 1 saturated carbocycles. The molecule has 0 N–H and O–H groups in total. The van der Waals surface area contributed by atoms with Gasteiger partial charge in [-0.25, -0.2) is 0 Å². The van der Waals surface area contributed by atoms with Gasteiger partial charge in [-0.1, -0.05) is 158 Å². The molecule has 0 amide bonds. The minimum Gasteiger partial charge on any atom is -0.454 e. The number of anilines is 8. The van der Waals surface area contributed by atoms with Gasteiger partial charge in [-0.2, -0.15) is 0 Å². The molecule has 4 aliphatic rings. The first-order valence-electron chi connectivity index (χ1n) is 25.7. The minimum atomic E-state index is -0.125. The fourth-order valence-electron chi connectivity index (χ4n) is 13.2. The molecule has 13 rings (SSSR count). The zero-order valence-corrected chi connectivity index (χ0v) is 42.2. The molecule has 0 radical (unpaired) electrons. The second kappa shape index (κ2) is 15.0. The first kappa shape index (κ1) is 43.1. The van der Waals surface area contributed by atoms with Crippen molar-refractivity contribution in [2.24, 2.45) is 0 Å². The molecule has 8 aromatic carbocycles. The molecule has 2 unspecified atom stereocenters. The summed E-state index contributed by atoms with van der Waals surface area (Å²) >= 11 is 0. The van der Waals surface area contributed by atoms with E-state index >= 15 is 0 Å². The van der Waals surface area contributed by atoms with Gasteiger partial charge in [0.25, 0.3) is 6.71 Å². The van der Waals surface area contributed by atoms with Crippen LogP contribution in [0.4, 0.5) is 45.5 Å². The van der Waals surface area contributed by atoms with Crippen LogP contribution in [0.15, 0.2) is 168 Å². The molecule has 3 aliphatic heterocycles. The predicted molar refractivity (Wildman–Crippen MR) is 298 cm³/mol. The number of hydrogen-bond donors (Lipinski definition) is 0. The number of hydrogen-bond acceptors (Lipinski definition) is 4. The Hall–Kier alpha value is -6.98. The summed E-state index contributed by atoms with van der Waals surface area (Å²) in [6.07, 6.45) is 4.74. The zero-order chi connectivity index (χ0) is 48.1. The van der Waals surface area contributed by atoms with Crippen molar-refractivity contribution in [2.75, 3.05) is 14.7 Å². The Morgan fingerprint density at radius 3 is 1.96 bits per heavy atom. The highest BCUT2D eigenvalue weighted by molar-refractivity contribution is 7.00. The Bertz CT molecular complexity index is 3610. The molecule has 4 nitrogen and oxygen atoms in total. The lowest BCUT2D eigenvalue weighted by Gasteiger charge is -2.50. The molecule has 0 spiro atoms. The summed E-state index contributed by atoms with van der Waals surface area (Å²) < 4.78 is 6.99. The first-order chi connectivity index (χ1) is 33.6. The third-order valence-corrected chi connectivity index (χ3v) is 17.1. The molecule has 70 heavy (non-hydrogen) atoms. The number of aryl methyl sites for hydroxylation is 1. The number of para-hydroxylation sites is 2. The van der Waals surface area contributed by atoms with Crippen molar-refractivity contribution in [3.63, 3.8) is 0 Å². The number of nitrogens with zero attached hydrogens (tertiary/aromatic N) is 3. The van der Waals surface area contributed by atoms with E-state index in [1.54, 1.807) is 0 Å². The normalized spacial score (nSPS) is 19.3. The van der Waals surface area contributed by atoms with Gasteiger partial charge in [0.05, 0.1) is 11.2 Å². The highest BCUT2D eigenvalue weighted by Crippen LogP contribution is 2.62. The Kier molecular flexibility index (Phi) is 9.24. The van der Waals surface area contributed by atoms with Gasteiger partial charge in [-0.3, -0.25) is 0 Å². The minimum absolute atomic E-state index is 0.0123. The Morgan fingerprint density at radius 1 is 0.500 bits per heavy atom. The van der Waals surface area contributed by atoms with Gasteiger partial charge in [0, 0.05) is 56.0 Å². The van der Waals surface area contributed by atoms with Crippen LogP contribution in [0.2, 0.25) is 0 Å². The molecule has 1 fully saturated rings. The molecule has 4 heterocycles. The van der Waals surface area contributed by atoms with E-state index in [1.165, 1.54) is 102 Å². The van der Waals surface area contributed by atoms with Gasteiger partial charge in [0.1, 0.15) is 5.58 Å². The fraction of sp³-hybridized carbons (Fsp3) is 0.262. The second-order valence-corrected chi connectivity index (χ2v) is 23.4. The van der Waals surface area contributed by atoms with Crippen LogP contribution >= 0.6 is 0 Å². The Labute approximate surface area is 414 Å². The second-order valence-electron chi connectivity index (χ2n) is 23.4. The van der Waals surface area contributed by atoms with Crippen molar-refractivity contribution in [1.29, 1.82) is 0 Å². The maximum Gasteiger partial charge on any atom is 0.252 e. The first-order valence-corrected chi connectivity index (χ1v) is 25.7. The molecule has 1 aromatic heterocycles. The number of benzene rings is 8. The average molecular weight is 912 g/mol. The lowest BCUT2D eigenvalue weighted by molar-refractivity contribution is 0.195. The quantitative estimate of drug-likeness (QED) is 0.164. The van der Waals surface area contributed by atoms with Crippen LogP contribution in [0.5, 0.6) is 0 Å². The molecule has 9 aromatic rings. The lowest BCUT2D eigenvalue weighted by Crippen LogP contribution is -2.61. The topological polar surface area (TPSA) is 22.9 Å². The number of rotatable bonds is 4. The van der Waals surface area contributed by atoms with Crippen LogP contribution in [-0.4, -0.2) is 12.3 Å². The average Bonchev–Trinajstić information content (AvgIpc) is 3.83. The standard InChI is InChI=1S/C65H62BN3O/c1-41-35-57-60-58(36-41)68(54-25-18-24-49-48-23-13-14-26-59(48)70-61(49)54)56-40-47(69-53-32-27-43(42-19-11-10-12-20-42)37-50(53)64(8)33-15-16-34-65(64,69)9)29-31-52(56)66(60)51-30-28-45(63(5,6)7)39-55(51)67(57)46-22-17-21-44(38-46)62(2,3)4/h10-14,17-32,35-40H,15-16,33-34H2,1-9H3. The summed E-state index contributed by atoms with van der Waals surface area (Å²) in [6, 6.07) is 62.5. The zero-order valence-electron chi connectivity index (χ0n) is 42.2. The van der Waals surface area contributed by atoms with E-state index in [-0.39, 0.29) is 28.5 Å². The molecular weight excluding hydrogens is 850 g/mol. The van der Waals surface area contributed by atoms with Crippen molar-refractivity contribution in [3.8, 4) is 11.1 Å². The van der Waals surface area contributed by atoms with Crippen LogP contribution in [0.25, 0.3) is 33.1 Å².